The molecule has 0 radical (unpaired) electrons. The van der Waals surface area contributed by atoms with Crippen molar-refractivity contribution in [1.82, 2.24) is 5.01 Å². The Morgan fingerprint density at radius 1 is 1.86 bits per heavy atom. The number of hydrogen-bond acceptors (Lipinski definition) is 2. The summed E-state index contributed by atoms with van der Waals surface area (Å²) in [5.41, 5.74) is 4.93. The number of nitrogens with zero attached hydrogens (tertiary/aromatic N) is 1. The van der Waals surface area contributed by atoms with Crippen molar-refractivity contribution in [1.29, 1.82) is 5.41 Å². The molecule has 0 aromatic carbocycles. The van der Waals surface area contributed by atoms with Crippen LogP contribution in [0.4, 0.5) is 0 Å². The second-order valence-corrected chi connectivity index (χ2v) is 1.17. The highest BCUT2D eigenvalue weighted by molar-refractivity contribution is 5.73. The third-order valence-electron chi connectivity index (χ3n) is 0.650. The smallest absolute Gasteiger partial charge is 0.202 e. The Bertz CT molecular complexity index is 69.3. The zero-order valence-corrected chi connectivity index (χ0v) is 4.31. The molecular formula is C3H10N4. The topological polar surface area (TPSA) is 79.1 Å². The summed E-state index contributed by atoms with van der Waals surface area (Å²) in [6.45, 7) is 2.40. The van der Waals surface area contributed by atoms with E-state index in [1.54, 1.807) is 0 Å². The Hall–Kier alpha value is -0.770. The molecule has 42 valence electrons. The van der Waals surface area contributed by atoms with Gasteiger partial charge in [-0.3, -0.25) is 10.4 Å². The molecule has 0 aliphatic heterocycles. The highest BCUT2D eigenvalue weighted by Gasteiger charge is 1.90. The molecule has 0 heterocycles. The minimum Gasteiger partial charge on any atom is -0.369 e. The molecular weight excluding hydrogens is 92.1 g/mol. The van der Waals surface area contributed by atoms with Crippen molar-refractivity contribution in [2.75, 3.05) is 6.54 Å². The maximum atomic E-state index is 6.68. The normalized spacial score (nSPS) is 8.29. The van der Waals surface area contributed by atoms with Gasteiger partial charge in [0.2, 0.25) is 5.96 Å². The summed E-state index contributed by atoms with van der Waals surface area (Å²) in [5.74, 6) is 5.00. The first-order valence-corrected chi connectivity index (χ1v) is 2.04. The fraction of sp³-hybridized carbons (Fsp3) is 0.667. The highest BCUT2D eigenvalue weighted by atomic mass is 15.4. The van der Waals surface area contributed by atoms with Gasteiger partial charge in [0, 0.05) is 6.54 Å². The largest absolute Gasteiger partial charge is 0.369 e. The number of hydrogen-bond donors (Lipinski definition) is 3. The van der Waals surface area contributed by atoms with E-state index in [2.05, 4.69) is 0 Å². The second-order valence-electron chi connectivity index (χ2n) is 1.17. The summed E-state index contributed by atoms with van der Waals surface area (Å²) < 4.78 is 0. The van der Waals surface area contributed by atoms with Gasteiger partial charge in [0.25, 0.3) is 0 Å². The van der Waals surface area contributed by atoms with Gasteiger partial charge in [0.1, 0.15) is 0 Å². The molecule has 0 saturated heterocycles. The van der Waals surface area contributed by atoms with E-state index in [0.717, 1.165) is 5.01 Å². The van der Waals surface area contributed by atoms with E-state index >= 15 is 0 Å². The lowest BCUT2D eigenvalue weighted by molar-refractivity contribution is 0.457. The predicted octanol–water partition coefficient (Wildman–Crippen LogP) is -0.925. The van der Waals surface area contributed by atoms with Gasteiger partial charge in [0.15, 0.2) is 0 Å². The van der Waals surface area contributed by atoms with Crippen molar-refractivity contribution in [2.24, 2.45) is 11.6 Å². The summed E-state index contributed by atoms with van der Waals surface area (Å²) in [6, 6.07) is 0. The van der Waals surface area contributed by atoms with E-state index in [1.807, 2.05) is 6.92 Å². The van der Waals surface area contributed by atoms with Gasteiger partial charge < -0.3 is 5.73 Å². The molecule has 0 bridgehead atoms. The summed E-state index contributed by atoms with van der Waals surface area (Å²) >= 11 is 0. The van der Waals surface area contributed by atoms with E-state index in [0.29, 0.717) is 6.54 Å². The molecule has 0 saturated carbocycles. The molecule has 4 nitrogen and oxygen atoms in total. The lowest BCUT2D eigenvalue weighted by Crippen LogP contribution is -2.41. The predicted molar refractivity (Wildman–Crippen MR) is 28.5 cm³/mol. The third-order valence-corrected chi connectivity index (χ3v) is 0.650. The minimum absolute atomic E-state index is 0.0949. The average Bonchev–Trinajstić information content (AvgIpc) is 1.65. The molecule has 0 rings (SSSR count). The molecule has 0 aliphatic carbocycles. The van der Waals surface area contributed by atoms with Crippen LogP contribution < -0.4 is 11.6 Å². The van der Waals surface area contributed by atoms with Crippen LogP contribution in [0.2, 0.25) is 0 Å². The number of nitrogens with two attached hydrogens (primary N) is 2. The summed E-state index contributed by atoms with van der Waals surface area (Å²) in [4.78, 5) is 0. The van der Waals surface area contributed by atoms with Gasteiger partial charge in [-0.05, 0) is 6.92 Å². The van der Waals surface area contributed by atoms with Gasteiger partial charge in [-0.15, -0.1) is 0 Å². The Balaban J connectivity index is 3.34. The summed E-state index contributed by atoms with van der Waals surface area (Å²) in [6.07, 6.45) is 0. The lowest BCUT2D eigenvalue weighted by atomic mass is 10.7. The molecule has 0 aromatic rings. The number of nitrogens with one attached hydrogen (secondary N) is 1. The zero-order chi connectivity index (χ0) is 5.86. The van der Waals surface area contributed by atoms with Crippen molar-refractivity contribution in [3.63, 3.8) is 0 Å². The Kier molecular flexibility index (Phi) is 2.15. The van der Waals surface area contributed by atoms with Crippen LogP contribution in [-0.4, -0.2) is 17.5 Å². The van der Waals surface area contributed by atoms with E-state index in [4.69, 9.17) is 17.0 Å². The van der Waals surface area contributed by atoms with Crippen LogP contribution >= 0.6 is 0 Å². The molecule has 0 unspecified atom stereocenters. The van der Waals surface area contributed by atoms with Gasteiger partial charge in [-0.1, -0.05) is 0 Å². The van der Waals surface area contributed by atoms with Crippen LogP contribution in [0.5, 0.6) is 0 Å². The van der Waals surface area contributed by atoms with Crippen LogP contribution in [-0.2, 0) is 0 Å². The highest BCUT2D eigenvalue weighted by Crippen LogP contribution is 1.67. The van der Waals surface area contributed by atoms with E-state index in [9.17, 15) is 0 Å². The van der Waals surface area contributed by atoms with E-state index < -0.39 is 0 Å². The zero-order valence-electron chi connectivity index (χ0n) is 4.31. The fourth-order valence-electron chi connectivity index (χ4n) is 0.170. The molecule has 4 heteroatoms. The van der Waals surface area contributed by atoms with Gasteiger partial charge in [-0.2, -0.15) is 0 Å². The SMILES string of the molecule is CCN(N)C(=N)N. The standard InChI is InChI=1S/C3H10N4/c1-2-7(6)3(4)5/h2,6H2,1H3,(H3,4,5). The molecule has 0 amide bonds. The van der Waals surface area contributed by atoms with Crippen LogP contribution in [0.25, 0.3) is 0 Å². The van der Waals surface area contributed by atoms with Crippen molar-refractivity contribution in [3.05, 3.63) is 0 Å². The third kappa shape index (κ3) is 1.99. The van der Waals surface area contributed by atoms with Crippen LogP contribution in [0, 0.1) is 5.41 Å². The second kappa shape index (κ2) is 2.41. The number of hydrazine groups is 1. The van der Waals surface area contributed by atoms with Crippen molar-refractivity contribution >= 4 is 5.96 Å². The minimum atomic E-state index is -0.0949. The maximum Gasteiger partial charge on any atom is 0.202 e. The van der Waals surface area contributed by atoms with Gasteiger partial charge >= 0.3 is 0 Å². The van der Waals surface area contributed by atoms with Crippen molar-refractivity contribution in [2.45, 2.75) is 6.92 Å². The first-order valence-electron chi connectivity index (χ1n) is 2.04. The average molecular weight is 102 g/mol. The van der Waals surface area contributed by atoms with E-state index in [1.165, 1.54) is 0 Å². The molecule has 0 aliphatic rings. The van der Waals surface area contributed by atoms with Gasteiger partial charge in [-0.25, -0.2) is 5.84 Å². The molecule has 7 heavy (non-hydrogen) atoms. The Morgan fingerprint density at radius 3 is 2.29 bits per heavy atom. The van der Waals surface area contributed by atoms with Gasteiger partial charge in [0.05, 0.1) is 0 Å². The quantitative estimate of drug-likeness (QED) is 0.173. The molecule has 0 fully saturated rings. The lowest BCUT2D eigenvalue weighted by Gasteiger charge is -2.11. The number of guanidine groups is 1. The maximum absolute atomic E-state index is 6.68. The van der Waals surface area contributed by atoms with Crippen LogP contribution in [0.15, 0.2) is 0 Å². The Morgan fingerprint density at radius 2 is 2.29 bits per heavy atom. The molecule has 5 N–H and O–H groups in total. The first-order chi connectivity index (χ1) is 3.18. The monoisotopic (exact) mass is 102 g/mol. The van der Waals surface area contributed by atoms with Crippen LogP contribution in [0.1, 0.15) is 6.92 Å². The molecule has 0 aromatic heterocycles. The summed E-state index contributed by atoms with van der Waals surface area (Å²) in [7, 11) is 0. The summed E-state index contributed by atoms with van der Waals surface area (Å²) in [5, 5.41) is 7.83. The van der Waals surface area contributed by atoms with Crippen molar-refractivity contribution < 1.29 is 0 Å². The Labute approximate surface area is 42.6 Å². The molecule has 0 atom stereocenters. The van der Waals surface area contributed by atoms with Crippen molar-refractivity contribution in [3.8, 4) is 0 Å². The first kappa shape index (κ1) is 6.23. The number of rotatable bonds is 1. The molecule has 0 spiro atoms. The van der Waals surface area contributed by atoms with Crippen LogP contribution in [0.3, 0.4) is 0 Å². The fourth-order valence-corrected chi connectivity index (χ4v) is 0.170. The van der Waals surface area contributed by atoms with E-state index in [-0.39, 0.29) is 5.96 Å².